The van der Waals surface area contributed by atoms with Gasteiger partial charge in [-0.1, -0.05) is 36.7 Å². The summed E-state index contributed by atoms with van der Waals surface area (Å²) in [4.78, 5) is 19.4. The summed E-state index contributed by atoms with van der Waals surface area (Å²) >= 11 is 1.56. The van der Waals surface area contributed by atoms with Crippen molar-refractivity contribution in [2.45, 2.75) is 56.9 Å². The largest absolute Gasteiger partial charge is 0.342 e. The topological polar surface area (TPSA) is 38.1 Å². The molecule has 3 rings (SSSR count). The van der Waals surface area contributed by atoms with E-state index in [0.717, 1.165) is 36.8 Å². The van der Waals surface area contributed by atoms with Crippen LogP contribution >= 0.6 is 11.8 Å². The molecule has 0 spiro atoms. The predicted molar refractivity (Wildman–Crippen MR) is 103 cm³/mol. The van der Waals surface area contributed by atoms with Gasteiger partial charge in [0.25, 0.3) is 0 Å². The molecule has 5 heteroatoms. The Kier molecular flexibility index (Phi) is 5.84. The molecule has 1 unspecified atom stereocenters. The van der Waals surface area contributed by atoms with E-state index < -0.39 is 0 Å². The van der Waals surface area contributed by atoms with Crippen molar-refractivity contribution in [3.05, 3.63) is 41.7 Å². The smallest absolute Gasteiger partial charge is 0.235 e. The maximum absolute atomic E-state index is 12.8. The van der Waals surface area contributed by atoms with Crippen LogP contribution < -0.4 is 0 Å². The predicted octanol–water partition coefficient (Wildman–Crippen LogP) is 4.37. The summed E-state index contributed by atoms with van der Waals surface area (Å²) in [5.74, 6) is 0.238. The number of amides is 1. The summed E-state index contributed by atoms with van der Waals surface area (Å²) in [6.07, 6.45) is 8.52. The van der Waals surface area contributed by atoms with Crippen LogP contribution in [0.1, 0.15) is 43.7 Å². The van der Waals surface area contributed by atoms with Crippen LogP contribution in [0, 0.1) is 13.8 Å². The molecule has 1 aromatic carbocycles. The van der Waals surface area contributed by atoms with E-state index in [2.05, 4.69) is 41.6 Å². The zero-order chi connectivity index (χ0) is 17.8. The first-order chi connectivity index (χ1) is 12.1. The lowest BCUT2D eigenvalue weighted by Gasteiger charge is -2.24. The van der Waals surface area contributed by atoms with Crippen molar-refractivity contribution in [3.63, 3.8) is 0 Å². The highest BCUT2D eigenvalue weighted by Crippen LogP contribution is 2.28. The number of hydrogen-bond donors (Lipinski definition) is 0. The van der Waals surface area contributed by atoms with Crippen molar-refractivity contribution in [2.75, 3.05) is 13.1 Å². The Labute approximate surface area is 154 Å². The van der Waals surface area contributed by atoms with Gasteiger partial charge in [-0.05, 0) is 50.8 Å². The Hall–Kier alpha value is -1.75. The van der Waals surface area contributed by atoms with Crippen molar-refractivity contribution >= 4 is 17.7 Å². The van der Waals surface area contributed by atoms with Crippen LogP contribution in [0.5, 0.6) is 0 Å². The van der Waals surface area contributed by atoms with Crippen LogP contribution in [0.2, 0.25) is 0 Å². The molecular formula is C20H27N3OS. The van der Waals surface area contributed by atoms with Gasteiger partial charge in [-0.25, -0.2) is 4.98 Å². The van der Waals surface area contributed by atoms with E-state index in [1.54, 1.807) is 11.8 Å². The number of likely N-dealkylation sites (tertiary alicyclic amines) is 1. The number of imidazole rings is 1. The van der Waals surface area contributed by atoms with Crippen molar-refractivity contribution < 1.29 is 4.79 Å². The summed E-state index contributed by atoms with van der Waals surface area (Å²) in [7, 11) is 0. The fourth-order valence-electron chi connectivity index (χ4n) is 3.30. The fourth-order valence-corrected chi connectivity index (χ4v) is 4.26. The van der Waals surface area contributed by atoms with Gasteiger partial charge in [-0.3, -0.25) is 9.36 Å². The first-order valence-corrected chi connectivity index (χ1v) is 10.0. The number of rotatable bonds is 4. The standard InChI is InChI=1S/C20H27N3OS/c1-15-8-9-16(2)18(14-15)23-13-10-21-20(23)25-17(3)19(24)22-11-6-4-5-7-12-22/h8-10,13-14,17H,4-7,11-12H2,1-3H3. The van der Waals surface area contributed by atoms with Crippen molar-refractivity contribution in [1.29, 1.82) is 0 Å². The molecule has 1 aliphatic heterocycles. The zero-order valence-electron chi connectivity index (χ0n) is 15.4. The quantitative estimate of drug-likeness (QED) is 0.763. The Bertz CT molecular complexity index is 732. The maximum atomic E-state index is 12.8. The molecule has 1 atom stereocenters. The van der Waals surface area contributed by atoms with Gasteiger partial charge < -0.3 is 4.90 Å². The number of carbonyl (C=O) groups excluding carboxylic acids is 1. The second-order valence-corrected chi connectivity index (χ2v) is 8.18. The average molecular weight is 358 g/mol. The number of thioether (sulfide) groups is 1. The number of aryl methyl sites for hydroxylation is 2. The molecule has 1 amide bonds. The number of carbonyl (C=O) groups is 1. The minimum absolute atomic E-state index is 0.121. The highest BCUT2D eigenvalue weighted by molar-refractivity contribution is 8.00. The van der Waals surface area contributed by atoms with E-state index in [4.69, 9.17) is 0 Å². The average Bonchev–Trinajstić information content (AvgIpc) is 2.88. The summed E-state index contributed by atoms with van der Waals surface area (Å²) in [6.45, 7) is 8.00. The van der Waals surface area contributed by atoms with Crippen molar-refractivity contribution in [1.82, 2.24) is 14.5 Å². The van der Waals surface area contributed by atoms with Crippen LogP contribution in [-0.2, 0) is 4.79 Å². The monoisotopic (exact) mass is 357 g/mol. The second kappa shape index (κ2) is 8.09. The molecule has 4 nitrogen and oxygen atoms in total. The van der Waals surface area contributed by atoms with E-state index in [1.807, 2.05) is 24.2 Å². The number of hydrogen-bond acceptors (Lipinski definition) is 3. The second-order valence-electron chi connectivity index (χ2n) is 6.87. The first-order valence-electron chi connectivity index (χ1n) is 9.12. The van der Waals surface area contributed by atoms with Gasteiger partial charge in [0.2, 0.25) is 5.91 Å². The molecule has 0 aliphatic carbocycles. The van der Waals surface area contributed by atoms with Gasteiger partial charge in [-0.15, -0.1) is 0 Å². The van der Waals surface area contributed by atoms with Gasteiger partial charge >= 0.3 is 0 Å². The van der Waals surface area contributed by atoms with Crippen molar-refractivity contribution in [3.8, 4) is 5.69 Å². The van der Waals surface area contributed by atoms with Crippen LogP contribution in [-0.4, -0.2) is 38.7 Å². The summed E-state index contributed by atoms with van der Waals surface area (Å²) in [6, 6.07) is 6.42. The third kappa shape index (κ3) is 4.27. The lowest BCUT2D eigenvalue weighted by Crippen LogP contribution is -2.37. The van der Waals surface area contributed by atoms with Gasteiger partial charge in [0.05, 0.1) is 10.9 Å². The highest BCUT2D eigenvalue weighted by Gasteiger charge is 2.24. The summed E-state index contributed by atoms with van der Waals surface area (Å²) in [5, 5.41) is 0.758. The molecule has 0 bridgehead atoms. The van der Waals surface area contributed by atoms with Crippen LogP contribution in [0.3, 0.4) is 0 Å². The lowest BCUT2D eigenvalue weighted by atomic mass is 10.1. The normalized spacial score (nSPS) is 16.5. The molecule has 0 N–H and O–H groups in total. The molecule has 0 radical (unpaired) electrons. The highest BCUT2D eigenvalue weighted by atomic mass is 32.2. The Balaban J connectivity index is 1.76. The third-order valence-electron chi connectivity index (χ3n) is 4.78. The molecule has 2 heterocycles. The molecule has 0 saturated carbocycles. The third-order valence-corrected chi connectivity index (χ3v) is 5.85. The lowest BCUT2D eigenvalue weighted by molar-refractivity contribution is -0.130. The van der Waals surface area contributed by atoms with Crippen molar-refractivity contribution in [2.24, 2.45) is 0 Å². The Morgan fingerprint density at radius 3 is 2.60 bits per heavy atom. The Morgan fingerprint density at radius 1 is 1.16 bits per heavy atom. The zero-order valence-corrected chi connectivity index (χ0v) is 16.2. The SMILES string of the molecule is Cc1ccc(C)c(-n2ccnc2SC(C)C(=O)N2CCCCCC2)c1. The van der Waals surface area contributed by atoms with Crippen LogP contribution in [0.25, 0.3) is 5.69 Å². The van der Waals surface area contributed by atoms with Gasteiger partial charge in [-0.2, -0.15) is 0 Å². The van der Waals surface area contributed by atoms with Crippen LogP contribution in [0.15, 0.2) is 35.7 Å². The molecular weight excluding hydrogens is 330 g/mol. The molecule has 1 aromatic heterocycles. The number of aromatic nitrogens is 2. The van der Waals surface area contributed by atoms with E-state index >= 15 is 0 Å². The summed E-state index contributed by atoms with van der Waals surface area (Å²) in [5.41, 5.74) is 3.56. The minimum Gasteiger partial charge on any atom is -0.342 e. The molecule has 25 heavy (non-hydrogen) atoms. The van der Waals surface area contributed by atoms with Gasteiger partial charge in [0.1, 0.15) is 0 Å². The van der Waals surface area contributed by atoms with E-state index in [1.165, 1.54) is 24.0 Å². The first kappa shape index (κ1) is 18.1. The van der Waals surface area contributed by atoms with Gasteiger partial charge in [0, 0.05) is 25.5 Å². The molecule has 134 valence electrons. The summed E-state index contributed by atoms with van der Waals surface area (Å²) < 4.78 is 2.10. The molecule has 1 aliphatic rings. The maximum Gasteiger partial charge on any atom is 0.235 e. The molecule has 1 saturated heterocycles. The fraction of sp³-hybridized carbons (Fsp3) is 0.500. The number of nitrogens with zero attached hydrogens (tertiary/aromatic N) is 3. The Morgan fingerprint density at radius 2 is 1.88 bits per heavy atom. The van der Waals surface area contributed by atoms with Gasteiger partial charge in [0.15, 0.2) is 5.16 Å². The minimum atomic E-state index is -0.121. The van der Waals surface area contributed by atoms with E-state index in [0.29, 0.717) is 0 Å². The van der Waals surface area contributed by atoms with Crippen LogP contribution in [0.4, 0.5) is 0 Å². The molecule has 1 fully saturated rings. The van der Waals surface area contributed by atoms with E-state index in [9.17, 15) is 4.79 Å². The number of benzene rings is 1. The molecule has 2 aromatic rings. The van der Waals surface area contributed by atoms with E-state index in [-0.39, 0.29) is 11.2 Å².